The lowest BCUT2D eigenvalue weighted by molar-refractivity contribution is 0.0698. The van der Waals surface area contributed by atoms with Crippen LogP contribution in [0, 0.1) is 6.92 Å². The largest absolute Gasteiger partial charge is 0.326 e. The number of aryl methyl sites for hydroxylation is 1. The highest BCUT2D eigenvalue weighted by Gasteiger charge is 2.33. The summed E-state index contributed by atoms with van der Waals surface area (Å²) in [5, 5.41) is 4.23. The normalized spacial score (nSPS) is 17.1. The van der Waals surface area contributed by atoms with Gasteiger partial charge in [-0.1, -0.05) is 23.8 Å². The van der Waals surface area contributed by atoms with Crippen LogP contribution in [-0.4, -0.2) is 17.4 Å². The van der Waals surface area contributed by atoms with E-state index in [0.29, 0.717) is 0 Å². The molecule has 1 aliphatic heterocycles. The smallest absolute Gasteiger partial charge is 0.254 e. The average molecular weight is 339 g/mol. The summed E-state index contributed by atoms with van der Waals surface area (Å²) in [4.78, 5) is 17.8. The zero-order valence-electron chi connectivity index (χ0n) is 12.9. The van der Waals surface area contributed by atoms with E-state index in [1.165, 1.54) is 15.3 Å². The van der Waals surface area contributed by atoms with Gasteiger partial charge in [0.25, 0.3) is 5.91 Å². The Bertz CT molecular complexity index is 835. The van der Waals surface area contributed by atoms with Gasteiger partial charge in [-0.25, -0.2) is 0 Å². The summed E-state index contributed by atoms with van der Waals surface area (Å²) in [5.74, 6) is 0.129. The Morgan fingerprint density at radius 2 is 2.04 bits per heavy atom. The van der Waals surface area contributed by atoms with Crippen molar-refractivity contribution in [3.05, 3.63) is 79.7 Å². The quantitative estimate of drug-likeness (QED) is 0.650. The molecule has 0 fully saturated rings. The van der Waals surface area contributed by atoms with Crippen LogP contribution in [0.1, 0.15) is 37.3 Å². The minimum Gasteiger partial charge on any atom is -0.326 e. The van der Waals surface area contributed by atoms with E-state index in [1.54, 1.807) is 22.7 Å². The zero-order chi connectivity index (χ0) is 15.8. The van der Waals surface area contributed by atoms with E-state index in [9.17, 15) is 4.79 Å². The molecule has 0 radical (unpaired) electrons. The number of rotatable bonds is 2. The van der Waals surface area contributed by atoms with Gasteiger partial charge in [0.05, 0.1) is 6.04 Å². The van der Waals surface area contributed by atoms with Crippen LogP contribution in [0.3, 0.4) is 0 Å². The molecule has 0 saturated carbocycles. The molecular weight excluding hydrogens is 322 g/mol. The number of fused-ring (bicyclic) bond motifs is 1. The van der Waals surface area contributed by atoms with Gasteiger partial charge < -0.3 is 4.90 Å². The number of thiophene rings is 2. The van der Waals surface area contributed by atoms with E-state index < -0.39 is 0 Å². The monoisotopic (exact) mass is 339 g/mol. The fraction of sp³-hybridized carbons (Fsp3) is 0.211. The summed E-state index contributed by atoms with van der Waals surface area (Å²) in [5.41, 5.74) is 3.20. The van der Waals surface area contributed by atoms with Crippen molar-refractivity contribution < 1.29 is 4.79 Å². The Morgan fingerprint density at radius 3 is 2.83 bits per heavy atom. The van der Waals surface area contributed by atoms with Crippen LogP contribution in [-0.2, 0) is 6.42 Å². The fourth-order valence-electron chi connectivity index (χ4n) is 3.23. The summed E-state index contributed by atoms with van der Waals surface area (Å²) in [6.07, 6.45) is 0.951. The van der Waals surface area contributed by atoms with E-state index in [4.69, 9.17) is 0 Å². The summed E-state index contributed by atoms with van der Waals surface area (Å²) in [6, 6.07) is 14.3. The molecule has 3 heterocycles. The van der Waals surface area contributed by atoms with E-state index in [1.807, 2.05) is 36.1 Å². The number of benzene rings is 1. The maximum absolute atomic E-state index is 13.1. The van der Waals surface area contributed by atoms with Crippen LogP contribution in [0.15, 0.2) is 53.2 Å². The van der Waals surface area contributed by atoms with Crippen molar-refractivity contribution in [2.45, 2.75) is 19.4 Å². The lowest BCUT2D eigenvalue weighted by atomic mass is 9.97. The maximum Gasteiger partial charge on any atom is 0.254 e. The van der Waals surface area contributed by atoms with Crippen LogP contribution in [0.4, 0.5) is 0 Å². The molecule has 1 atom stereocenters. The molecule has 0 saturated heterocycles. The number of carbonyl (C=O) groups excluding carboxylic acids is 1. The Hall–Kier alpha value is -1.91. The lowest BCUT2D eigenvalue weighted by Crippen LogP contribution is -2.39. The highest BCUT2D eigenvalue weighted by molar-refractivity contribution is 7.10. The topological polar surface area (TPSA) is 20.3 Å². The van der Waals surface area contributed by atoms with Crippen molar-refractivity contribution in [1.82, 2.24) is 4.90 Å². The van der Waals surface area contributed by atoms with Crippen molar-refractivity contribution in [3.8, 4) is 0 Å². The lowest BCUT2D eigenvalue weighted by Gasteiger charge is -2.35. The van der Waals surface area contributed by atoms with Crippen LogP contribution >= 0.6 is 22.7 Å². The predicted octanol–water partition coefficient (Wildman–Crippen LogP) is 4.91. The van der Waals surface area contributed by atoms with Gasteiger partial charge in [0.2, 0.25) is 0 Å². The van der Waals surface area contributed by atoms with Gasteiger partial charge in [0, 0.05) is 21.9 Å². The first-order valence-electron chi connectivity index (χ1n) is 7.71. The highest BCUT2D eigenvalue weighted by atomic mass is 32.1. The van der Waals surface area contributed by atoms with E-state index in [-0.39, 0.29) is 11.9 Å². The Kier molecular flexibility index (Phi) is 3.79. The molecule has 0 unspecified atom stereocenters. The van der Waals surface area contributed by atoms with Crippen molar-refractivity contribution >= 4 is 28.6 Å². The van der Waals surface area contributed by atoms with Crippen LogP contribution in [0.25, 0.3) is 0 Å². The molecule has 116 valence electrons. The minimum absolute atomic E-state index is 0.0537. The predicted molar refractivity (Wildman–Crippen MR) is 96.4 cm³/mol. The third kappa shape index (κ3) is 2.62. The molecule has 0 bridgehead atoms. The van der Waals surface area contributed by atoms with E-state index >= 15 is 0 Å². The molecule has 1 amide bonds. The second-order valence-corrected chi connectivity index (χ2v) is 7.82. The summed E-state index contributed by atoms with van der Waals surface area (Å²) in [6.45, 7) is 2.81. The molecule has 2 nitrogen and oxygen atoms in total. The molecule has 0 N–H and O–H groups in total. The molecule has 2 aromatic heterocycles. The van der Waals surface area contributed by atoms with Crippen LogP contribution in [0.5, 0.6) is 0 Å². The first-order chi connectivity index (χ1) is 11.2. The second-order valence-electron chi connectivity index (χ2n) is 5.84. The van der Waals surface area contributed by atoms with Gasteiger partial charge in [0.1, 0.15) is 0 Å². The van der Waals surface area contributed by atoms with Crippen molar-refractivity contribution in [2.75, 3.05) is 6.54 Å². The maximum atomic E-state index is 13.1. The molecule has 3 aromatic rings. The van der Waals surface area contributed by atoms with E-state index in [0.717, 1.165) is 24.1 Å². The third-order valence-electron chi connectivity index (χ3n) is 4.30. The van der Waals surface area contributed by atoms with Gasteiger partial charge in [-0.15, -0.1) is 22.7 Å². The summed E-state index contributed by atoms with van der Waals surface area (Å²) in [7, 11) is 0. The number of amides is 1. The van der Waals surface area contributed by atoms with Gasteiger partial charge in [-0.3, -0.25) is 4.79 Å². The van der Waals surface area contributed by atoms with Gasteiger partial charge in [-0.05, 0) is 53.9 Å². The molecule has 1 aliphatic rings. The van der Waals surface area contributed by atoms with Gasteiger partial charge >= 0.3 is 0 Å². The minimum atomic E-state index is 0.0537. The second kappa shape index (κ2) is 5.95. The highest BCUT2D eigenvalue weighted by Crippen LogP contribution is 2.40. The molecule has 4 rings (SSSR count). The molecule has 0 spiro atoms. The Labute approximate surface area is 144 Å². The molecule has 23 heavy (non-hydrogen) atoms. The van der Waals surface area contributed by atoms with E-state index in [2.05, 4.69) is 29.0 Å². The summed E-state index contributed by atoms with van der Waals surface area (Å²) >= 11 is 3.53. The third-order valence-corrected chi connectivity index (χ3v) is 6.23. The fourth-order valence-corrected chi connectivity index (χ4v) is 4.99. The number of nitrogens with zero attached hydrogens (tertiary/aromatic N) is 1. The van der Waals surface area contributed by atoms with Crippen molar-refractivity contribution in [3.63, 3.8) is 0 Å². The van der Waals surface area contributed by atoms with Gasteiger partial charge in [-0.2, -0.15) is 0 Å². The molecule has 0 aliphatic carbocycles. The molecule has 1 aromatic carbocycles. The Morgan fingerprint density at radius 1 is 1.13 bits per heavy atom. The SMILES string of the molecule is Cc1cccc(C(=O)N2CCc3sccc3[C@@H]2c2cccs2)c1. The standard InChI is InChI=1S/C19H17NOS2/c1-13-4-2-5-14(12-13)19(21)20-9-7-16-15(8-11-23-16)18(20)17-6-3-10-22-17/h2-6,8,10-12,18H,7,9H2,1H3/t18-/m1/s1. The number of hydrogen-bond donors (Lipinski definition) is 0. The van der Waals surface area contributed by atoms with Crippen LogP contribution in [0.2, 0.25) is 0 Å². The number of carbonyl (C=O) groups is 1. The molecule has 4 heteroatoms. The van der Waals surface area contributed by atoms with Crippen molar-refractivity contribution in [2.24, 2.45) is 0 Å². The van der Waals surface area contributed by atoms with Crippen LogP contribution < -0.4 is 0 Å². The van der Waals surface area contributed by atoms with Gasteiger partial charge in [0.15, 0.2) is 0 Å². The Balaban J connectivity index is 1.77. The average Bonchev–Trinajstić information content (AvgIpc) is 3.24. The summed E-state index contributed by atoms with van der Waals surface area (Å²) < 4.78 is 0. The first kappa shape index (κ1) is 14.7. The number of hydrogen-bond acceptors (Lipinski definition) is 3. The first-order valence-corrected chi connectivity index (χ1v) is 9.47. The van der Waals surface area contributed by atoms with Crippen molar-refractivity contribution in [1.29, 1.82) is 0 Å². The molecular formula is C19H17NOS2. The zero-order valence-corrected chi connectivity index (χ0v) is 14.5.